The Morgan fingerprint density at radius 1 is 1.20 bits per heavy atom. The molecule has 0 fully saturated rings. The quantitative estimate of drug-likeness (QED) is 0.672. The fourth-order valence-electron chi connectivity index (χ4n) is 2.77. The van der Waals surface area contributed by atoms with E-state index in [0.717, 1.165) is 11.3 Å². The number of nitrogens with zero attached hydrogens (tertiary/aromatic N) is 4. The summed E-state index contributed by atoms with van der Waals surface area (Å²) in [6.07, 6.45) is 1.76. The molecule has 126 valence electrons. The van der Waals surface area contributed by atoms with E-state index in [4.69, 9.17) is 5.73 Å². The highest BCUT2D eigenvalue weighted by Gasteiger charge is 2.29. The summed E-state index contributed by atoms with van der Waals surface area (Å²) in [5.74, 6) is 1.57. The average Bonchev–Trinajstić information content (AvgIpc) is 3.05. The first-order valence-corrected chi connectivity index (χ1v) is 7.90. The van der Waals surface area contributed by atoms with E-state index in [9.17, 15) is 4.79 Å². The summed E-state index contributed by atoms with van der Waals surface area (Å²) in [6.45, 7) is 2.45. The van der Waals surface area contributed by atoms with Gasteiger partial charge < -0.3 is 16.0 Å². The molecule has 0 radical (unpaired) electrons. The van der Waals surface area contributed by atoms with Crippen LogP contribution in [0, 0.1) is 6.92 Å². The summed E-state index contributed by atoms with van der Waals surface area (Å²) in [6, 6.07) is 9.75. The zero-order chi connectivity index (χ0) is 17.4. The Hall–Kier alpha value is -3.42. The third kappa shape index (κ3) is 2.78. The fourth-order valence-corrected chi connectivity index (χ4v) is 2.77. The molecule has 25 heavy (non-hydrogen) atoms. The molecule has 1 aromatic carbocycles. The van der Waals surface area contributed by atoms with Crippen molar-refractivity contribution in [3.8, 4) is 11.6 Å². The van der Waals surface area contributed by atoms with Crippen molar-refractivity contribution in [2.24, 2.45) is 0 Å². The number of carbonyl (C=O) groups excluding carboxylic acids is 1. The van der Waals surface area contributed by atoms with Gasteiger partial charge in [0.05, 0.1) is 18.8 Å². The predicted octanol–water partition coefficient (Wildman–Crippen LogP) is 1.72. The van der Waals surface area contributed by atoms with Crippen LogP contribution in [0.4, 0.5) is 17.3 Å². The number of rotatable bonds is 3. The maximum atomic E-state index is 12.5. The Morgan fingerprint density at radius 2 is 2.00 bits per heavy atom. The van der Waals surface area contributed by atoms with Crippen LogP contribution < -0.4 is 16.0 Å². The second-order valence-electron chi connectivity index (χ2n) is 5.84. The van der Waals surface area contributed by atoms with Crippen molar-refractivity contribution in [1.82, 2.24) is 19.9 Å². The summed E-state index contributed by atoms with van der Waals surface area (Å²) in [5.41, 5.74) is 8.50. The topological polar surface area (TPSA) is 113 Å². The van der Waals surface area contributed by atoms with Crippen LogP contribution in [0.3, 0.4) is 0 Å². The van der Waals surface area contributed by atoms with Crippen molar-refractivity contribution >= 4 is 23.2 Å². The number of amides is 1. The van der Waals surface area contributed by atoms with Crippen molar-refractivity contribution in [2.75, 3.05) is 22.5 Å². The zero-order valence-electron chi connectivity index (χ0n) is 13.7. The molecule has 0 atom stereocenters. The second kappa shape index (κ2) is 5.90. The molecule has 0 spiro atoms. The van der Waals surface area contributed by atoms with Gasteiger partial charge in [0.1, 0.15) is 5.69 Å². The highest BCUT2D eigenvalue weighted by Crippen LogP contribution is 2.34. The van der Waals surface area contributed by atoms with E-state index in [0.29, 0.717) is 35.5 Å². The van der Waals surface area contributed by atoms with Crippen LogP contribution in [0.25, 0.3) is 11.6 Å². The van der Waals surface area contributed by atoms with Crippen LogP contribution in [-0.2, 0) is 11.3 Å². The van der Waals surface area contributed by atoms with Gasteiger partial charge in [0.15, 0.2) is 23.3 Å². The lowest BCUT2D eigenvalue weighted by Gasteiger charge is -2.29. The van der Waals surface area contributed by atoms with Crippen LogP contribution in [0.2, 0.25) is 0 Å². The normalized spacial score (nSPS) is 13.5. The minimum absolute atomic E-state index is 0.0731. The van der Waals surface area contributed by atoms with Gasteiger partial charge in [-0.05, 0) is 12.5 Å². The molecule has 0 aliphatic carbocycles. The molecule has 3 aromatic rings. The average molecular weight is 335 g/mol. The highest BCUT2D eigenvalue weighted by molar-refractivity contribution is 6.03. The first-order valence-electron chi connectivity index (χ1n) is 7.90. The van der Waals surface area contributed by atoms with Crippen molar-refractivity contribution in [2.45, 2.75) is 13.5 Å². The Labute approximate surface area is 144 Å². The summed E-state index contributed by atoms with van der Waals surface area (Å²) in [7, 11) is 0. The van der Waals surface area contributed by atoms with E-state index >= 15 is 0 Å². The van der Waals surface area contributed by atoms with E-state index < -0.39 is 0 Å². The van der Waals surface area contributed by atoms with Crippen molar-refractivity contribution in [1.29, 1.82) is 0 Å². The Bertz CT molecular complexity index is 935. The number of aromatic amines is 1. The number of H-pyrrole nitrogens is 1. The molecule has 1 amide bonds. The lowest BCUT2D eigenvalue weighted by atomic mass is 10.2. The van der Waals surface area contributed by atoms with E-state index in [2.05, 4.69) is 25.3 Å². The van der Waals surface area contributed by atoms with Crippen LogP contribution in [0.15, 0.2) is 36.5 Å². The molecule has 0 unspecified atom stereocenters. The summed E-state index contributed by atoms with van der Waals surface area (Å²) >= 11 is 0. The van der Waals surface area contributed by atoms with Gasteiger partial charge in [0.25, 0.3) is 0 Å². The SMILES string of the molecule is Cc1c[nH]c(-c2nc(N)c3c(n2)N(Cc2ccccc2)C(=O)CN3)n1. The van der Waals surface area contributed by atoms with Gasteiger partial charge in [0.2, 0.25) is 5.91 Å². The smallest absolute Gasteiger partial charge is 0.247 e. The number of nitrogens with two attached hydrogens (primary N) is 1. The molecule has 4 rings (SSSR count). The van der Waals surface area contributed by atoms with E-state index in [-0.39, 0.29) is 12.5 Å². The number of fused-ring (bicyclic) bond motifs is 1. The van der Waals surface area contributed by atoms with Crippen LogP contribution in [0.1, 0.15) is 11.3 Å². The molecule has 3 heterocycles. The number of aryl methyl sites for hydroxylation is 1. The number of anilines is 3. The number of benzene rings is 1. The summed E-state index contributed by atoms with van der Waals surface area (Å²) < 4.78 is 0. The second-order valence-corrected chi connectivity index (χ2v) is 5.84. The highest BCUT2D eigenvalue weighted by atomic mass is 16.2. The largest absolute Gasteiger partial charge is 0.382 e. The standard InChI is InChI=1S/C17H17N7O/c1-10-7-20-15(21-10)16-22-14(18)13-17(23-16)24(12(25)8-19-13)9-11-5-3-2-4-6-11/h2-7,19H,8-9H2,1H3,(H,20,21)(H2,18,22,23). The van der Waals surface area contributed by atoms with Gasteiger partial charge in [-0.3, -0.25) is 9.69 Å². The summed E-state index contributed by atoms with van der Waals surface area (Å²) in [5, 5.41) is 3.01. The van der Waals surface area contributed by atoms with Crippen LogP contribution in [0.5, 0.6) is 0 Å². The first kappa shape index (κ1) is 15.1. The van der Waals surface area contributed by atoms with Crippen molar-refractivity contribution in [3.05, 3.63) is 47.8 Å². The monoisotopic (exact) mass is 335 g/mol. The van der Waals surface area contributed by atoms with Gasteiger partial charge in [-0.1, -0.05) is 30.3 Å². The molecule has 0 saturated carbocycles. The maximum absolute atomic E-state index is 12.5. The Kier molecular flexibility index (Phi) is 3.57. The fraction of sp³-hybridized carbons (Fsp3) is 0.176. The van der Waals surface area contributed by atoms with Gasteiger partial charge in [-0.15, -0.1) is 0 Å². The number of hydrogen-bond acceptors (Lipinski definition) is 6. The number of carbonyl (C=O) groups is 1. The third-order valence-corrected chi connectivity index (χ3v) is 3.99. The van der Waals surface area contributed by atoms with Gasteiger partial charge in [-0.2, -0.15) is 0 Å². The molecule has 8 heteroatoms. The van der Waals surface area contributed by atoms with E-state index in [1.807, 2.05) is 37.3 Å². The molecular weight excluding hydrogens is 318 g/mol. The molecular formula is C17H17N7O. The van der Waals surface area contributed by atoms with Gasteiger partial charge >= 0.3 is 0 Å². The van der Waals surface area contributed by atoms with Gasteiger partial charge in [-0.25, -0.2) is 15.0 Å². The Balaban J connectivity index is 1.79. The van der Waals surface area contributed by atoms with Crippen LogP contribution >= 0.6 is 0 Å². The number of nitrogen functional groups attached to an aromatic ring is 1. The Morgan fingerprint density at radius 3 is 2.72 bits per heavy atom. The number of imidazole rings is 1. The van der Waals surface area contributed by atoms with Crippen LogP contribution in [-0.4, -0.2) is 32.4 Å². The van der Waals surface area contributed by atoms with Crippen molar-refractivity contribution < 1.29 is 4.79 Å². The third-order valence-electron chi connectivity index (χ3n) is 3.99. The number of hydrogen-bond donors (Lipinski definition) is 3. The van der Waals surface area contributed by atoms with E-state index in [1.165, 1.54) is 0 Å². The molecule has 4 N–H and O–H groups in total. The van der Waals surface area contributed by atoms with E-state index in [1.54, 1.807) is 11.1 Å². The van der Waals surface area contributed by atoms with Crippen molar-refractivity contribution in [3.63, 3.8) is 0 Å². The minimum atomic E-state index is -0.0731. The molecule has 2 aromatic heterocycles. The zero-order valence-corrected chi connectivity index (χ0v) is 13.7. The molecule has 1 aliphatic heterocycles. The molecule has 0 saturated heterocycles. The maximum Gasteiger partial charge on any atom is 0.247 e. The minimum Gasteiger partial charge on any atom is -0.382 e. The predicted molar refractivity (Wildman–Crippen MR) is 94.9 cm³/mol. The number of aromatic nitrogens is 4. The molecule has 8 nitrogen and oxygen atoms in total. The lowest BCUT2D eigenvalue weighted by molar-refractivity contribution is -0.117. The number of nitrogens with one attached hydrogen (secondary N) is 2. The lowest BCUT2D eigenvalue weighted by Crippen LogP contribution is -2.40. The molecule has 1 aliphatic rings. The summed E-state index contributed by atoms with van der Waals surface area (Å²) in [4.78, 5) is 30.3. The molecule has 0 bridgehead atoms. The van der Waals surface area contributed by atoms with Gasteiger partial charge in [0, 0.05) is 6.20 Å². The first-order chi connectivity index (χ1) is 12.1.